The van der Waals surface area contributed by atoms with Crippen LogP contribution in [0, 0.1) is 12.8 Å². The summed E-state index contributed by atoms with van der Waals surface area (Å²) in [5.74, 6) is -1.49. The summed E-state index contributed by atoms with van der Waals surface area (Å²) in [5.41, 5.74) is 1.73. The van der Waals surface area contributed by atoms with Gasteiger partial charge in [-0.3, -0.25) is 9.59 Å². The van der Waals surface area contributed by atoms with Crippen molar-refractivity contribution in [1.29, 1.82) is 0 Å². The molecule has 0 saturated heterocycles. The van der Waals surface area contributed by atoms with Gasteiger partial charge >= 0.3 is 5.97 Å². The lowest BCUT2D eigenvalue weighted by Crippen LogP contribution is -2.50. The van der Waals surface area contributed by atoms with Gasteiger partial charge in [0.05, 0.1) is 11.3 Å². The van der Waals surface area contributed by atoms with Crippen molar-refractivity contribution in [3.05, 3.63) is 35.4 Å². The maximum absolute atomic E-state index is 12.5. The van der Waals surface area contributed by atoms with Crippen LogP contribution >= 0.6 is 0 Å². The van der Waals surface area contributed by atoms with Gasteiger partial charge in [-0.15, -0.1) is 0 Å². The second kappa shape index (κ2) is 5.65. The standard InChI is InChI=1S/C16H21NO3/c1-11-5-3-6-13(9-11)16(7-4-8-16)15(20)17-10-12(2)14(18)19/h3,5-6,9,12H,4,7-8,10H2,1-2H3,(H,17,20)(H,18,19). The number of carboxylic acid groups (broad SMARTS) is 1. The van der Waals surface area contributed by atoms with E-state index in [0.29, 0.717) is 0 Å². The van der Waals surface area contributed by atoms with Crippen molar-refractivity contribution in [2.75, 3.05) is 6.54 Å². The first kappa shape index (κ1) is 14.6. The second-order valence-electron chi connectivity index (χ2n) is 5.75. The van der Waals surface area contributed by atoms with Crippen molar-refractivity contribution in [2.45, 2.75) is 38.5 Å². The number of carbonyl (C=O) groups is 2. The molecule has 4 nitrogen and oxygen atoms in total. The molecule has 1 amide bonds. The summed E-state index contributed by atoms with van der Waals surface area (Å²) in [6, 6.07) is 8.03. The monoisotopic (exact) mass is 275 g/mol. The maximum Gasteiger partial charge on any atom is 0.308 e. The minimum atomic E-state index is -0.886. The topological polar surface area (TPSA) is 66.4 Å². The lowest BCUT2D eigenvalue weighted by molar-refractivity contribution is -0.141. The Labute approximate surface area is 119 Å². The molecule has 0 bridgehead atoms. The largest absolute Gasteiger partial charge is 0.481 e. The lowest BCUT2D eigenvalue weighted by Gasteiger charge is -2.41. The van der Waals surface area contributed by atoms with Crippen molar-refractivity contribution < 1.29 is 14.7 Å². The fourth-order valence-electron chi connectivity index (χ4n) is 2.62. The highest BCUT2D eigenvalue weighted by Crippen LogP contribution is 2.44. The number of nitrogens with one attached hydrogen (secondary N) is 1. The number of benzene rings is 1. The van der Waals surface area contributed by atoms with Crippen LogP contribution in [0.1, 0.15) is 37.3 Å². The summed E-state index contributed by atoms with van der Waals surface area (Å²) in [6.45, 7) is 3.80. The first-order valence-corrected chi connectivity index (χ1v) is 7.04. The van der Waals surface area contributed by atoms with E-state index >= 15 is 0 Å². The zero-order chi connectivity index (χ0) is 14.8. The van der Waals surface area contributed by atoms with Crippen molar-refractivity contribution in [1.82, 2.24) is 5.32 Å². The van der Waals surface area contributed by atoms with E-state index in [1.165, 1.54) is 0 Å². The zero-order valence-electron chi connectivity index (χ0n) is 12.0. The second-order valence-corrected chi connectivity index (χ2v) is 5.75. The van der Waals surface area contributed by atoms with E-state index in [1.807, 2.05) is 25.1 Å². The van der Waals surface area contributed by atoms with Crippen LogP contribution in [0.5, 0.6) is 0 Å². The summed E-state index contributed by atoms with van der Waals surface area (Å²) >= 11 is 0. The Morgan fingerprint density at radius 1 is 1.40 bits per heavy atom. The predicted molar refractivity (Wildman–Crippen MR) is 76.5 cm³/mol. The van der Waals surface area contributed by atoms with Crippen molar-refractivity contribution in [2.24, 2.45) is 5.92 Å². The zero-order valence-corrected chi connectivity index (χ0v) is 12.0. The fourth-order valence-corrected chi connectivity index (χ4v) is 2.62. The molecular formula is C16H21NO3. The van der Waals surface area contributed by atoms with Crippen LogP contribution in [0.15, 0.2) is 24.3 Å². The number of aliphatic carboxylic acids is 1. The third kappa shape index (κ3) is 2.69. The van der Waals surface area contributed by atoms with Gasteiger partial charge in [0, 0.05) is 6.54 Å². The number of carboxylic acids is 1. The average Bonchev–Trinajstić information content (AvgIpc) is 2.34. The van der Waals surface area contributed by atoms with Gasteiger partial charge < -0.3 is 10.4 Å². The van der Waals surface area contributed by atoms with Crippen LogP contribution in [-0.2, 0) is 15.0 Å². The molecule has 20 heavy (non-hydrogen) atoms. The summed E-state index contributed by atoms with van der Waals surface area (Å²) < 4.78 is 0. The number of amides is 1. The van der Waals surface area contributed by atoms with Gasteiger partial charge in [0.2, 0.25) is 5.91 Å². The molecule has 1 aromatic rings. The molecule has 1 unspecified atom stereocenters. The molecule has 1 aromatic carbocycles. The highest BCUT2D eigenvalue weighted by atomic mass is 16.4. The first-order chi connectivity index (χ1) is 9.45. The molecule has 1 aliphatic rings. The van der Waals surface area contributed by atoms with Crippen LogP contribution < -0.4 is 5.32 Å². The SMILES string of the molecule is Cc1cccc(C2(C(=O)NCC(C)C(=O)O)CCC2)c1. The molecule has 1 aliphatic carbocycles. The Kier molecular flexibility index (Phi) is 4.12. The van der Waals surface area contributed by atoms with E-state index in [-0.39, 0.29) is 12.5 Å². The third-order valence-electron chi connectivity index (χ3n) is 4.20. The molecule has 0 radical (unpaired) electrons. The van der Waals surface area contributed by atoms with Gasteiger partial charge in [-0.1, -0.05) is 43.2 Å². The third-order valence-corrected chi connectivity index (χ3v) is 4.20. The van der Waals surface area contributed by atoms with Crippen molar-refractivity contribution in [3.63, 3.8) is 0 Å². The van der Waals surface area contributed by atoms with Gasteiger partial charge in [0.1, 0.15) is 0 Å². The number of hydrogen-bond acceptors (Lipinski definition) is 2. The molecule has 2 N–H and O–H groups in total. The molecule has 1 atom stereocenters. The quantitative estimate of drug-likeness (QED) is 0.866. The molecule has 108 valence electrons. The minimum absolute atomic E-state index is 0.0394. The molecule has 2 rings (SSSR count). The van der Waals surface area contributed by atoms with Crippen LogP contribution in [0.25, 0.3) is 0 Å². The van der Waals surface area contributed by atoms with E-state index in [9.17, 15) is 9.59 Å². The molecule has 0 aromatic heterocycles. The van der Waals surface area contributed by atoms with Gasteiger partial charge in [-0.2, -0.15) is 0 Å². The Hall–Kier alpha value is -1.84. The van der Waals surface area contributed by atoms with Crippen LogP contribution in [0.4, 0.5) is 0 Å². The Morgan fingerprint density at radius 3 is 2.60 bits per heavy atom. The maximum atomic E-state index is 12.5. The van der Waals surface area contributed by atoms with Crippen LogP contribution in [0.3, 0.4) is 0 Å². The number of rotatable bonds is 5. The molecule has 1 fully saturated rings. The van der Waals surface area contributed by atoms with Crippen LogP contribution in [0.2, 0.25) is 0 Å². The van der Waals surface area contributed by atoms with Gasteiger partial charge in [-0.25, -0.2) is 0 Å². The normalized spacial score (nSPS) is 17.9. The molecule has 0 aliphatic heterocycles. The molecule has 0 heterocycles. The van der Waals surface area contributed by atoms with E-state index in [4.69, 9.17) is 5.11 Å². The predicted octanol–water partition coefficient (Wildman–Crippen LogP) is 2.25. The van der Waals surface area contributed by atoms with Crippen molar-refractivity contribution >= 4 is 11.9 Å². The smallest absolute Gasteiger partial charge is 0.308 e. The first-order valence-electron chi connectivity index (χ1n) is 7.04. The molecule has 4 heteroatoms. The molecule has 0 spiro atoms. The Morgan fingerprint density at radius 2 is 2.10 bits per heavy atom. The van der Waals surface area contributed by atoms with E-state index in [0.717, 1.165) is 30.4 Å². The summed E-state index contributed by atoms with van der Waals surface area (Å²) in [4.78, 5) is 23.3. The molecule has 1 saturated carbocycles. The van der Waals surface area contributed by atoms with Crippen molar-refractivity contribution in [3.8, 4) is 0 Å². The summed E-state index contributed by atoms with van der Waals surface area (Å²) in [6.07, 6.45) is 2.71. The fraction of sp³-hybridized carbons (Fsp3) is 0.500. The highest BCUT2D eigenvalue weighted by Gasteiger charge is 2.45. The van der Waals surface area contributed by atoms with Gasteiger partial charge in [0.25, 0.3) is 0 Å². The minimum Gasteiger partial charge on any atom is -0.481 e. The Balaban J connectivity index is 2.11. The Bertz CT molecular complexity index is 520. The van der Waals surface area contributed by atoms with Crippen LogP contribution in [-0.4, -0.2) is 23.5 Å². The summed E-state index contributed by atoms with van der Waals surface area (Å²) in [5, 5.41) is 11.7. The van der Waals surface area contributed by atoms with E-state index < -0.39 is 17.3 Å². The average molecular weight is 275 g/mol. The van der Waals surface area contributed by atoms with Gasteiger partial charge in [0.15, 0.2) is 0 Å². The number of carbonyl (C=O) groups excluding carboxylic acids is 1. The number of hydrogen-bond donors (Lipinski definition) is 2. The highest BCUT2D eigenvalue weighted by molar-refractivity contribution is 5.89. The summed E-state index contributed by atoms with van der Waals surface area (Å²) in [7, 11) is 0. The van der Waals surface area contributed by atoms with Gasteiger partial charge in [-0.05, 0) is 25.3 Å². The van der Waals surface area contributed by atoms with E-state index in [1.54, 1.807) is 6.92 Å². The van der Waals surface area contributed by atoms with E-state index in [2.05, 4.69) is 11.4 Å². The lowest BCUT2D eigenvalue weighted by atomic mass is 9.63. The number of aryl methyl sites for hydroxylation is 1. The molecular weight excluding hydrogens is 254 g/mol.